The van der Waals surface area contributed by atoms with E-state index in [1.165, 1.54) is 0 Å². The van der Waals surface area contributed by atoms with E-state index in [2.05, 4.69) is 16.0 Å². The molecule has 0 heterocycles. The normalized spacial score (nSPS) is 11.6. The molecular weight excluding hydrogens is 232 g/mol. The molecule has 6 heteroatoms. The lowest BCUT2D eigenvalue weighted by molar-refractivity contribution is -0.117. The Balaban J connectivity index is 2.27. The third-order valence-corrected chi connectivity index (χ3v) is 2.31. The molecule has 1 unspecified atom stereocenters. The van der Waals surface area contributed by atoms with Crippen LogP contribution >= 0.6 is 0 Å². The van der Waals surface area contributed by atoms with Crippen LogP contribution in [0.2, 0.25) is 0 Å². The Morgan fingerprint density at radius 1 is 1.22 bits per heavy atom. The summed E-state index contributed by atoms with van der Waals surface area (Å²) in [6.07, 6.45) is 0. The number of carbonyl (C=O) groups excluding carboxylic acids is 2. The average Bonchev–Trinajstić information content (AvgIpc) is 2.35. The van der Waals surface area contributed by atoms with E-state index in [1.807, 2.05) is 30.3 Å². The Kier molecular flexibility index (Phi) is 5.66. The van der Waals surface area contributed by atoms with Crippen molar-refractivity contribution in [2.24, 2.45) is 5.73 Å². The molecule has 1 aromatic carbocycles. The van der Waals surface area contributed by atoms with E-state index in [0.29, 0.717) is 13.1 Å². The van der Waals surface area contributed by atoms with Crippen LogP contribution in [0.5, 0.6) is 0 Å². The maximum atomic E-state index is 11.8. The molecule has 0 radical (unpaired) electrons. The molecule has 0 aliphatic carbocycles. The van der Waals surface area contributed by atoms with Gasteiger partial charge in [-0.2, -0.15) is 0 Å². The Labute approximate surface area is 106 Å². The first-order chi connectivity index (χ1) is 8.59. The van der Waals surface area contributed by atoms with Crippen molar-refractivity contribution in [2.45, 2.75) is 13.0 Å². The van der Waals surface area contributed by atoms with Gasteiger partial charge in [-0.15, -0.1) is 0 Å². The van der Waals surface area contributed by atoms with Crippen molar-refractivity contribution >= 4 is 17.6 Å². The summed E-state index contributed by atoms with van der Waals surface area (Å²) in [5, 5.41) is 8.19. The molecule has 98 valence electrons. The number of hydrogen-bond acceptors (Lipinski definition) is 3. The maximum Gasteiger partial charge on any atom is 0.312 e. The highest BCUT2D eigenvalue weighted by atomic mass is 16.2. The predicted octanol–water partition coefficient (Wildman–Crippen LogP) is 0.272. The van der Waals surface area contributed by atoms with Crippen LogP contribution in [0.25, 0.3) is 0 Å². The molecule has 6 nitrogen and oxygen atoms in total. The van der Waals surface area contributed by atoms with Crippen LogP contribution in [0, 0.1) is 0 Å². The fourth-order valence-corrected chi connectivity index (χ4v) is 1.34. The second-order valence-corrected chi connectivity index (χ2v) is 3.82. The first kappa shape index (κ1) is 14.0. The van der Waals surface area contributed by atoms with Gasteiger partial charge < -0.3 is 21.7 Å². The van der Waals surface area contributed by atoms with Crippen molar-refractivity contribution in [1.29, 1.82) is 0 Å². The summed E-state index contributed by atoms with van der Waals surface area (Å²) in [7, 11) is 0. The number of urea groups is 1. The molecule has 18 heavy (non-hydrogen) atoms. The number of amides is 3. The largest absolute Gasteiger partial charge is 0.352 e. The summed E-state index contributed by atoms with van der Waals surface area (Å²) in [5.41, 5.74) is 5.67. The summed E-state index contributed by atoms with van der Waals surface area (Å²) >= 11 is 0. The van der Waals surface area contributed by atoms with Gasteiger partial charge in [0.05, 0.1) is 6.04 Å². The van der Waals surface area contributed by atoms with Crippen molar-refractivity contribution in [3.63, 3.8) is 0 Å². The number of nitrogens with two attached hydrogens (primary N) is 1. The number of primary amides is 1. The molecule has 0 saturated heterocycles. The van der Waals surface area contributed by atoms with Gasteiger partial charge in [0.15, 0.2) is 0 Å². The number of hydrogen-bond donors (Lipinski definition) is 4. The number of para-hydroxylation sites is 1. The first-order valence-corrected chi connectivity index (χ1v) is 5.72. The van der Waals surface area contributed by atoms with Crippen molar-refractivity contribution < 1.29 is 9.59 Å². The number of carbonyl (C=O) groups is 2. The highest BCUT2D eigenvalue weighted by Crippen LogP contribution is 2.05. The maximum absolute atomic E-state index is 11.8. The van der Waals surface area contributed by atoms with Gasteiger partial charge >= 0.3 is 6.03 Å². The molecule has 0 fully saturated rings. The van der Waals surface area contributed by atoms with Crippen LogP contribution in [-0.4, -0.2) is 31.1 Å². The third-order valence-electron chi connectivity index (χ3n) is 2.31. The van der Waals surface area contributed by atoms with Crippen molar-refractivity contribution in [3.8, 4) is 0 Å². The smallest absolute Gasteiger partial charge is 0.312 e. The van der Waals surface area contributed by atoms with E-state index in [9.17, 15) is 9.59 Å². The highest BCUT2D eigenvalue weighted by molar-refractivity contribution is 5.94. The topological polar surface area (TPSA) is 96.2 Å². The number of anilines is 1. The monoisotopic (exact) mass is 250 g/mol. The molecule has 3 amide bonds. The van der Waals surface area contributed by atoms with Crippen LogP contribution in [-0.2, 0) is 4.79 Å². The van der Waals surface area contributed by atoms with Gasteiger partial charge in [-0.25, -0.2) is 4.79 Å². The highest BCUT2D eigenvalue weighted by Gasteiger charge is 2.11. The molecular formula is C12H18N4O2. The summed E-state index contributed by atoms with van der Waals surface area (Å²) in [6.45, 7) is 2.62. The molecule has 1 rings (SSSR count). The molecule has 0 aromatic heterocycles. The SMILES string of the molecule is CC(NCCNC(N)=O)C(=O)Nc1ccccc1. The average molecular weight is 250 g/mol. The molecule has 0 aliphatic rings. The Bertz CT molecular complexity index is 394. The Morgan fingerprint density at radius 2 is 1.89 bits per heavy atom. The summed E-state index contributed by atoms with van der Waals surface area (Å²) in [5.74, 6) is -0.125. The Morgan fingerprint density at radius 3 is 2.50 bits per heavy atom. The van der Waals surface area contributed by atoms with Crippen LogP contribution < -0.4 is 21.7 Å². The number of rotatable bonds is 6. The zero-order chi connectivity index (χ0) is 13.4. The van der Waals surface area contributed by atoms with E-state index >= 15 is 0 Å². The summed E-state index contributed by atoms with van der Waals surface area (Å²) in [6, 6.07) is 8.30. The lowest BCUT2D eigenvalue weighted by Crippen LogP contribution is -2.42. The third kappa shape index (κ3) is 5.31. The number of benzene rings is 1. The van der Waals surface area contributed by atoms with Gasteiger partial charge in [0, 0.05) is 18.8 Å². The van der Waals surface area contributed by atoms with Gasteiger partial charge in [0.2, 0.25) is 5.91 Å². The second kappa shape index (κ2) is 7.29. The van der Waals surface area contributed by atoms with Crippen molar-refractivity contribution in [3.05, 3.63) is 30.3 Å². The van der Waals surface area contributed by atoms with E-state index in [0.717, 1.165) is 5.69 Å². The fraction of sp³-hybridized carbons (Fsp3) is 0.333. The van der Waals surface area contributed by atoms with Crippen molar-refractivity contribution in [2.75, 3.05) is 18.4 Å². The van der Waals surface area contributed by atoms with E-state index < -0.39 is 6.03 Å². The van der Waals surface area contributed by atoms with Crippen LogP contribution in [0.15, 0.2) is 30.3 Å². The van der Waals surface area contributed by atoms with E-state index in [1.54, 1.807) is 6.92 Å². The minimum atomic E-state index is -0.571. The molecule has 0 bridgehead atoms. The van der Waals surface area contributed by atoms with E-state index in [4.69, 9.17) is 5.73 Å². The summed E-state index contributed by atoms with van der Waals surface area (Å²) < 4.78 is 0. The van der Waals surface area contributed by atoms with Gasteiger partial charge in [-0.3, -0.25) is 4.79 Å². The zero-order valence-electron chi connectivity index (χ0n) is 10.3. The molecule has 0 saturated carbocycles. The van der Waals surface area contributed by atoms with Crippen LogP contribution in [0.3, 0.4) is 0 Å². The van der Waals surface area contributed by atoms with E-state index in [-0.39, 0.29) is 11.9 Å². The molecule has 1 atom stereocenters. The second-order valence-electron chi connectivity index (χ2n) is 3.82. The van der Waals surface area contributed by atoms with Crippen LogP contribution in [0.4, 0.5) is 10.5 Å². The Hall–Kier alpha value is -2.08. The molecule has 0 aliphatic heterocycles. The predicted molar refractivity (Wildman–Crippen MR) is 70.1 cm³/mol. The molecule has 5 N–H and O–H groups in total. The first-order valence-electron chi connectivity index (χ1n) is 5.72. The molecule has 1 aromatic rings. The minimum Gasteiger partial charge on any atom is -0.352 e. The molecule has 0 spiro atoms. The number of nitrogens with one attached hydrogen (secondary N) is 3. The fourth-order valence-electron chi connectivity index (χ4n) is 1.34. The summed E-state index contributed by atoms with van der Waals surface area (Å²) in [4.78, 5) is 22.2. The lowest BCUT2D eigenvalue weighted by atomic mass is 10.2. The zero-order valence-corrected chi connectivity index (χ0v) is 10.3. The van der Waals surface area contributed by atoms with Gasteiger partial charge in [-0.1, -0.05) is 18.2 Å². The standard InChI is InChI=1S/C12H18N4O2/c1-9(14-7-8-15-12(13)18)11(17)16-10-5-3-2-4-6-10/h2-6,9,14H,7-8H2,1H3,(H,16,17)(H3,13,15,18). The van der Waals surface area contributed by atoms with Crippen molar-refractivity contribution in [1.82, 2.24) is 10.6 Å². The van der Waals surface area contributed by atoms with Gasteiger partial charge in [0.25, 0.3) is 0 Å². The lowest BCUT2D eigenvalue weighted by Gasteiger charge is -2.14. The van der Waals surface area contributed by atoms with Crippen LogP contribution in [0.1, 0.15) is 6.92 Å². The van der Waals surface area contributed by atoms with Gasteiger partial charge in [-0.05, 0) is 19.1 Å². The quantitative estimate of drug-likeness (QED) is 0.546. The van der Waals surface area contributed by atoms with Gasteiger partial charge in [0.1, 0.15) is 0 Å². The minimum absolute atomic E-state index is 0.125.